The van der Waals surface area contributed by atoms with E-state index in [-0.39, 0.29) is 5.91 Å². The highest BCUT2D eigenvalue weighted by Gasteiger charge is 2.23. The highest BCUT2D eigenvalue weighted by molar-refractivity contribution is 5.97. The Hall–Kier alpha value is -1.85. The first-order chi connectivity index (χ1) is 9.90. The zero-order chi connectivity index (χ0) is 16.0. The van der Waals surface area contributed by atoms with Gasteiger partial charge in [0.05, 0.1) is 17.5 Å². The predicted octanol–water partition coefficient (Wildman–Crippen LogP) is 2.08. The molecule has 118 valence electrons. The molecule has 6 heteroatoms. The number of carboxylic acid groups (broad SMARTS) is 1. The van der Waals surface area contributed by atoms with Crippen LogP contribution in [-0.2, 0) is 17.8 Å². The molecular weight excluding hydrogens is 270 g/mol. The first-order valence-electron chi connectivity index (χ1n) is 7.48. The zero-order valence-corrected chi connectivity index (χ0v) is 13.2. The van der Waals surface area contributed by atoms with Gasteiger partial charge in [0.1, 0.15) is 6.04 Å². The van der Waals surface area contributed by atoms with E-state index >= 15 is 0 Å². The molecule has 1 atom stereocenters. The lowest BCUT2D eigenvalue weighted by Gasteiger charge is -2.14. The molecule has 0 aromatic carbocycles. The van der Waals surface area contributed by atoms with Gasteiger partial charge in [-0.15, -0.1) is 0 Å². The molecule has 1 rings (SSSR count). The van der Waals surface area contributed by atoms with Crippen molar-refractivity contribution >= 4 is 11.9 Å². The number of nitrogens with zero attached hydrogens (tertiary/aromatic N) is 2. The van der Waals surface area contributed by atoms with Crippen molar-refractivity contribution in [2.75, 3.05) is 0 Å². The number of hydrogen-bond donors (Lipinski definition) is 2. The Bertz CT molecular complexity index is 494. The maximum absolute atomic E-state index is 12.3. The van der Waals surface area contributed by atoms with Crippen LogP contribution in [0.5, 0.6) is 0 Å². The molecule has 1 aromatic rings. The summed E-state index contributed by atoms with van der Waals surface area (Å²) in [5.74, 6) is -0.932. The lowest BCUT2D eigenvalue weighted by Crippen LogP contribution is -2.40. The monoisotopic (exact) mass is 295 g/mol. The number of nitrogens with one attached hydrogen (secondary N) is 1. The van der Waals surface area contributed by atoms with Gasteiger partial charge in [0.25, 0.3) is 5.91 Å². The summed E-state index contributed by atoms with van der Waals surface area (Å²) in [7, 11) is 0. The van der Waals surface area contributed by atoms with Crippen molar-refractivity contribution in [1.29, 1.82) is 0 Å². The van der Waals surface area contributed by atoms with Gasteiger partial charge in [-0.2, -0.15) is 5.10 Å². The van der Waals surface area contributed by atoms with Crippen LogP contribution in [-0.4, -0.2) is 32.8 Å². The summed E-state index contributed by atoms with van der Waals surface area (Å²) < 4.78 is 1.83. The van der Waals surface area contributed by atoms with Crippen LogP contribution in [0.2, 0.25) is 0 Å². The summed E-state index contributed by atoms with van der Waals surface area (Å²) in [6.45, 7) is 8.77. The minimum atomic E-state index is -1.00. The van der Waals surface area contributed by atoms with Gasteiger partial charge in [-0.1, -0.05) is 34.1 Å². The Kier molecular flexibility index (Phi) is 6.39. The number of aromatic nitrogens is 2. The summed E-state index contributed by atoms with van der Waals surface area (Å²) in [4.78, 5) is 23.4. The number of amides is 1. The van der Waals surface area contributed by atoms with E-state index in [4.69, 9.17) is 5.11 Å². The van der Waals surface area contributed by atoms with Gasteiger partial charge in [-0.25, -0.2) is 4.79 Å². The van der Waals surface area contributed by atoms with Crippen LogP contribution in [0.15, 0.2) is 6.20 Å². The minimum Gasteiger partial charge on any atom is -0.480 e. The van der Waals surface area contributed by atoms with E-state index in [1.807, 2.05) is 18.5 Å². The standard InChI is InChI=1S/C15H25N3O3/c1-5-7-12(15(20)21)17-14(19)11-8-16-18(9-10(3)4)13(11)6-2/h8,10,12H,5-7,9H2,1-4H3,(H,17,19)(H,20,21). The topological polar surface area (TPSA) is 84.2 Å². The third-order valence-corrected chi connectivity index (χ3v) is 3.25. The van der Waals surface area contributed by atoms with E-state index in [1.165, 1.54) is 6.20 Å². The minimum absolute atomic E-state index is 0.359. The second kappa shape index (κ2) is 7.81. The molecule has 0 aliphatic heterocycles. The summed E-state index contributed by atoms with van der Waals surface area (Å²) in [5.41, 5.74) is 1.32. The van der Waals surface area contributed by atoms with Gasteiger partial charge in [0, 0.05) is 6.54 Å². The molecule has 0 aliphatic carbocycles. The molecule has 21 heavy (non-hydrogen) atoms. The number of aliphatic carboxylic acids is 1. The fourth-order valence-electron chi connectivity index (χ4n) is 2.26. The van der Waals surface area contributed by atoms with Gasteiger partial charge < -0.3 is 10.4 Å². The summed E-state index contributed by atoms with van der Waals surface area (Å²) in [6, 6.07) is -0.847. The highest BCUT2D eigenvalue weighted by atomic mass is 16.4. The molecule has 0 fully saturated rings. The molecule has 0 saturated carbocycles. The average molecular weight is 295 g/mol. The summed E-state index contributed by atoms with van der Waals surface area (Å²) >= 11 is 0. The largest absolute Gasteiger partial charge is 0.480 e. The molecule has 1 heterocycles. The quantitative estimate of drug-likeness (QED) is 0.769. The number of hydrogen-bond acceptors (Lipinski definition) is 3. The van der Waals surface area contributed by atoms with Crippen molar-refractivity contribution < 1.29 is 14.7 Å². The molecule has 0 radical (unpaired) electrons. The van der Waals surface area contributed by atoms with Crippen molar-refractivity contribution in [3.63, 3.8) is 0 Å². The maximum Gasteiger partial charge on any atom is 0.326 e. The number of carbonyl (C=O) groups excluding carboxylic acids is 1. The highest BCUT2D eigenvalue weighted by Crippen LogP contribution is 2.12. The lowest BCUT2D eigenvalue weighted by molar-refractivity contribution is -0.139. The Morgan fingerprint density at radius 3 is 2.52 bits per heavy atom. The van der Waals surface area contributed by atoms with E-state index in [0.29, 0.717) is 30.7 Å². The Morgan fingerprint density at radius 2 is 2.05 bits per heavy atom. The Balaban J connectivity index is 2.91. The molecule has 0 bridgehead atoms. The van der Waals surface area contributed by atoms with Crippen molar-refractivity contribution in [1.82, 2.24) is 15.1 Å². The molecule has 1 unspecified atom stereocenters. The Labute approximate surface area is 125 Å². The average Bonchev–Trinajstić information content (AvgIpc) is 2.79. The van der Waals surface area contributed by atoms with Crippen molar-refractivity contribution in [3.05, 3.63) is 17.5 Å². The molecule has 2 N–H and O–H groups in total. The molecule has 0 saturated heterocycles. The van der Waals surface area contributed by atoms with Crippen LogP contribution < -0.4 is 5.32 Å². The van der Waals surface area contributed by atoms with E-state index in [0.717, 1.165) is 12.2 Å². The predicted molar refractivity (Wildman–Crippen MR) is 80.2 cm³/mol. The molecule has 1 aromatic heterocycles. The molecule has 6 nitrogen and oxygen atoms in total. The first-order valence-corrected chi connectivity index (χ1v) is 7.48. The fraction of sp³-hybridized carbons (Fsp3) is 0.667. The van der Waals surface area contributed by atoms with E-state index in [1.54, 1.807) is 0 Å². The summed E-state index contributed by atoms with van der Waals surface area (Å²) in [5, 5.41) is 16.0. The molecular formula is C15H25N3O3. The smallest absolute Gasteiger partial charge is 0.326 e. The SMILES string of the molecule is CCCC(NC(=O)c1cnn(CC(C)C)c1CC)C(=O)O. The Morgan fingerprint density at radius 1 is 1.38 bits per heavy atom. The third kappa shape index (κ3) is 4.58. The van der Waals surface area contributed by atoms with Crippen LogP contribution >= 0.6 is 0 Å². The van der Waals surface area contributed by atoms with Gasteiger partial charge in [0.15, 0.2) is 0 Å². The van der Waals surface area contributed by atoms with Gasteiger partial charge in [-0.05, 0) is 18.8 Å². The van der Waals surface area contributed by atoms with Crippen LogP contribution in [0.25, 0.3) is 0 Å². The maximum atomic E-state index is 12.3. The number of carbonyl (C=O) groups is 2. The van der Waals surface area contributed by atoms with Crippen LogP contribution in [0.3, 0.4) is 0 Å². The number of rotatable bonds is 8. The second-order valence-electron chi connectivity index (χ2n) is 5.59. The molecule has 1 amide bonds. The van der Waals surface area contributed by atoms with Gasteiger partial charge in [0.2, 0.25) is 0 Å². The zero-order valence-electron chi connectivity index (χ0n) is 13.2. The third-order valence-electron chi connectivity index (χ3n) is 3.25. The van der Waals surface area contributed by atoms with E-state index in [9.17, 15) is 9.59 Å². The van der Waals surface area contributed by atoms with E-state index < -0.39 is 12.0 Å². The number of carboxylic acids is 1. The lowest BCUT2D eigenvalue weighted by atomic mass is 10.1. The van der Waals surface area contributed by atoms with Crippen LogP contribution in [0, 0.1) is 5.92 Å². The first kappa shape index (κ1) is 17.2. The summed E-state index contributed by atoms with van der Waals surface area (Å²) in [6.07, 6.45) is 3.33. The van der Waals surface area contributed by atoms with E-state index in [2.05, 4.69) is 24.3 Å². The second-order valence-corrected chi connectivity index (χ2v) is 5.59. The van der Waals surface area contributed by atoms with Gasteiger partial charge >= 0.3 is 5.97 Å². The van der Waals surface area contributed by atoms with Crippen molar-refractivity contribution in [2.24, 2.45) is 5.92 Å². The van der Waals surface area contributed by atoms with Gasteiger partial charge in [-0.3, -0.25) is 9.48 Å². The van der Waals surface area contributed by atoms with Crippen molar-refractivity contribution in [2.45, 2.75) is 59.5 Å². The molecule has 0 aliphatic rings. The van der Waals surface area contributed by atoms with Crippen molar-refractivity contribution in [3.8, 4) is 0 Å². The fourth-order valence-corrected chi connectivity index (χ4v) is 2.26. The van der Waals surface area contributed by atoms with Crippen LogP contribution in [0.4, 0.5) is 0 Å². The van der Waals surface area contributed by atoms with Crippen LogP contribution in [0.1, 0.15) is 56.6 Å². The molecule has 0 spiro atoms. The normalized spacial score (nSPS) is 12.4.